The summed E-state index contributed by atoms with van der Waals surface area (Å²) in [4.78, 5) is 48.0. The number of sulfonamides is 1. The number of ketones is 1. The smallest absolute Gasteiger partial charge is 0.271 e. The lowest BCUT2D eigenvalue weighted by atomic mass is 9.71. The Labute approximate surface area is 234 Å². The molecular weight excluding hydrogens is 538 g/mol. The van der Waals surface area contributed by atoms with Gasteiger partial charge in [0.15, 0.2) is 10.8 Å². The highest BCUT2D eigenvalue weighted by Gasteiger charge is 2.39. The van der Waals surface area contributed by atoms with Gasteiger partial charge in [0.05, 0.1) is 17.6 Å². The van der Waals surface area contributed by atoms with E-state index in [0.29, 0.717) is 19.3 Å². The number of Topliss-reactive ketones (excluding diaryl/α,β-unsaturated/α-hetero) is 1. The number of carbonyl (C=O) groups is 3. The molecule has 2 aromatic rings. The highest BCUT2D eigenvalue weighted by molar-refractivity contribution is 7.89. The third-order valence-electron chi connectivity index (χ3n) is 7.82. The van der Waals surface area contributed by atoms with E-state index in [2.05, 4.69) is 27.5 Å². The summed E-state index contributed by atoms with van der Waals surface area (Å²) in [7, 11) is -3.98. The Balaban J connectivity index is 1.50. The van der Waals surface area contributed by atoms with Gasteiger partial charge in [-0.25, -0.2) is 18.4 Å². The minimum atomic E-state index is -3.98. The summed E-state index contributed by atoms with van der Waals surface area (Å²) in [5.74, 6) is -1.25. The predicted octanol–water partition coefficient (Wildman–Crippen LogP) is 3.23. The second-order valence-corrected chi connectivity index (χ2v) is 13.9. The summed E-state index contributed by atoms with van der Waals surface area (Å²) in [5.41, 5.74) is 0.153. The minimum Gasteiger partial charge on any atom is -0.344 e. The van der Waals surface area contributed by atoms with E-state index in [-0.39, 0.29) is 22.7 Å². The third-order valence-corrected chi connectivity index (χ3v) is 10.5. The summed E-state index contributed by atoms with van der Waals surface area (Å²) in [6.07, 6.45) is 7.75. The van der Waals surface area contributed by atoms with Gasteiger partial charge in [0, 0.05) is 17.6 Å². The highest BCUT2D eigenvalue weighted by atomic mass is 32.2. The Morgan fingerprint density at radius 2 is 1.95 bits per heavy atom. The Morgan fingerprint density at radius 3 is 2.59 bits per heavy atom. The molecule has 2 N–H and O–H groups in total. The van der Waals surface area contributed by atoms with Gasteiger partial charge >= 0.3 is 0 Å². The zero-order chi connectivity index (χ0) is 28.2. The number of aromatic nitrogens is 2. The van der Waals surface area contributed by atoms with Crippen LogP contribution in [0, 0.1) is 12.3 Å². The molecule has 2 aliphatic rings. The molecule has 39 heavy (non-hydrogen) atoms. The van der Waals surface area contributed by atoms with Crippen molar-refractivity contribution in [3.63, 3.8) is 0 Å². The Morgan fingerprint density at radius 1 is 1.21 bits per heavy atom. The molecule has 3 heterocycles. The summed E-state index contributed by atoms with van der Waals surface area (Å²) in [5, 5.41) is 8.02. The van der Waals surface area contributed by atoms with E-state index in [0.717, 1.165) is 41.4 Å². The van der Waals surface area contributed by atoms with E-state index >= 15 is 0 Å². The average molecular weight is 576 g/mol. The molecule has 1 aliphatic carbocycles. The van der Waals surface area contributed by atoms with Crippen molar-refractivity contribution in [2.24, 2.45) is 5.41 Å². The van der Waals surface area contributed by atoms with Crippen molar-refractivity contribution in [1.82, 2.24) is 24.9 Å². The van der Waals surface area contributed by atoms with Crippen LogP contribution in [0.2, 0.25) is 0 Å². The van der Waals surface area contributed by atoms with Crippen LogP contribution in [0.3, 0.4) is 0 Å². The molecule has 2 fully saturated rings. The number of hydrogen-bond donors (Lipinski definition) is 2. The lowest BCUT2D eigenvalue weighted by Gasteiger charge is -2.36. The monoisotopic (exact) mass is 575 g/mol. The fraction of sp³-hybridized carbons (Fsp3) is 0.593. The van der Waals surface area contributed by atoms with Crippen molar-refractivity contribution in [3.05, 3.63) is 40.5 Å². The van der Waals surface area contributed by atoms with Crippen LogP contribution >= 0.6 is 11.3 Å². The molecular formula is C27H37N5O5S2. The Hall–Kier alpha value is -2.70. The zero-order valence-electron chi connectivity index (χ0n) is 22.7. The molecule has 1 aliphatic heterocycles. The van der Waals surface area contributed by atoms with Crippen LogP contribution in [0.25, 0.3) is 0 Å². The van der Waals surface area contributed by atoms with Crippen molar-refractivity contribution < 1.29 is 22.8 Å². The lowest BCUT2D eigenvalue weighted by molar-refractivity contribution is -0.129. The maximum Gasteiger partial charge on any atom is 0.271 e. The minimum absolute atomic E-state index is 0.110. The van der Waals surface area contributed by atoms with Crippen LogP contribution in [-0.2, 0) is 19.6 Å². The first-order valence-corrected chi connectivity index (χ1v) is 15.8. The first kappa shape index (κ1) is 29.3. The van der Waals surface area contributed by atoms with Crippen LogP contribution in [0.4, 0.5) is 0 Å². The second kappa shape index (κ2) is 12.2. The van der Waals surface area contributed by atoms with Crippen LogP contribution in [0.5, 0.6) is 0 Å². The van der Waals surface area contributed by atoms with Crippen LogP contribution in [-0.4, -0.2) is 65.0 Å². The predicted molar refractivity (Wildman–Crippen MR) is 148 cm³/mol. The zero-order valence-corrected chi connectivity index (χ0v) is 24.3. The van der Waals surface area contributed by atoms with E-state index < -0.39 is 45.7 Å². The van der Waals surface area contributed by atoms with Gasteiger partial charge in [-0.3, -0.25) is 14.4 Å². The highest BCUT2D eigenvalue weighted by Crippen LogP contribution is 2.39. The molecule has 0 spiro atoms. The van der Waals surface area contributed by atoms with Crippen LogP contribution < -0.4 is 10.6 Å². The number of nitrogens with one attached hydrogen (secondary N) is 2. The number of aryl methyl sites for hydroxylation is 1. The Bertz CT molecular complexity index is 1290. The Kier molecular flexibility index (Phi) is 9.18. The largest absolute Gasteiger partial charge is 0.344 e. The molecule has 0 unspecified atom stereocenters. The third kappa shape index (κ3) is 7.09. The lowest BCUT2D eigenvalue weighted by Crippen LogP contribution is -2.53. The maximum absolute atomic E-state index is 13.6. The van der Waals surface area contributed by atoms with Crippen molar-refractivity contribution in [2.45, 2.75) is 95.3 Å². The summed E-state index contributed by atoms with van der Waals surface area (Å²) >= 11 is 1.36. The van der Waals surface area contributed by atoms with E-state index in [1.54, 1.807) is 24.4 Å². The summed E-state index contributed by atoms with van der Waals surface area (Å²) in [6.45, 7) is 5.34. The number of amides is 2. The molecule has 4 rings (SSSR count). The second-order valence-electron chi connectivity index (χ2n) is 11.0. The van der Waals surface area contributed by atoms with E-state index in [4.69, 9.17) is 0 Å². The van der Waals surface area contributed by atoms with E-state index in [1.807, 2.05) is 6.92 Å². The average Bonchev–Trinajstić information content (AvgIpc) is 3.29. The number of rotatable bonds is 8. The number of pyridine rings is 1. The standard InChI is InChI=1S/C27H37N5O5S2/c1-18-10-11-20(23(33)16-32(18)39(36,37)24-9-5-8-14-28-24)30-25(34)21(15-27(3)12-6-4-7-13-27)31-26(35)22-17-38-19(2)29-22/h5,8-9,14,17-18,20-21H,4,6-7,10-13,15-16H2,1-3H3,(H,30,34)(H,31,35)/t18-,20+,21-/m1/s1. The van der Waals surface area contributed by atoms with Gasteiger partial charge in [-0.05, 0) is 63.5 Å². The SMILES string of the molecule is Cc1nc(C(=O)N[C@H](CC2(C)CCCCC2)C(=O)N[C@H]2CC[C@@H](C)N(S(=O)(=O)c3ccccn3)CC2=O)cs1. The fourth-order valence-electron chi connectivity index (χ4n) is 5.51. The van der Waals surface area contributed by atoms with Crippen molar-refractivity contribution in [1.29, 1.82) is 0 Å². The van der Waals surface area contributed by atoms with E-state index in [1.165, 1.54) is 23.6 Å². The molecule has 3 atom stereocenters. The molecule has 12 heteroatoms. The number of nitrogens with zero attached hydrogens (tertiary/aromatic N) is 3. The molecule has 1 saturated heterocycles. The molecule has 2 amide bonds. The van der Waals surface area contributed by atoms with Crippen LogP contribution in [0.1, 0.15) is 80.7 Å². The topological polar surface area (TPSA) is 138 Å². The molecule has 0 aromatic carbocycles. The fourth-order valence-corrected chi connectivity index (χ4v) is 7.66. The molecule has 2 aromatic heterocycles. The van der Waals surface area contributed by atoms with Gasteiger partial charge in [-0.15, -0.1) is 11.3 Å². The summed E-state index contributed by atoms with van der Waals surface area (Å²) < 4.78 is 27.6. The number of carbonyl (C=O) groups excluding carboxylic acids is 3. The summed E-state index contributed by atoms with van der Waals surface area (Å²) in [6, 6.07) is 2.46. The first-order chi connectivity index (χ1) is 18.5. The molecule has 0 bridgehead atoms. The van der Waals surface area contributed by atoms with Gasteiger partial charge in [0.2, 0.25) is 5.91 Å². The molecule has 212 valence electrons. The maximum atomic E-state index is 13.6. The van der Waals surface area contributed by atoms with Crippen molar-refractivity contribution in [3.8, 4) is 0 Å². The van der Waals surface area contributed by atoms with Gasteiger partial charge in [0.1, 0.15) is 11.7 Å². The first-order valence-electron chi connectivity index (χ1n) is 13.5. The number of thiazole rings is 1. The van der Waals surface area contributed by atoms with E-state index in [9.17, 15) is 22.8 Å². The molecule has 10 nitrogen and oxygen atoms in total. The van der Waals surface area contributed by atoms with Crippen molar-refractivity contribution >= 4 is 39.0 Å². The van der Waals surface area contributed by atoms with Crippen molar-refractivity contribution in [2.75, 3.05) is 6.54 Å². The van der Waals surface area contributed by atoms with Gasteiger partial charge in [0.25, 0.3) is 15.9 Å². The van der Waals surface area contributed by atoms with Gasteiger partial charge in [-0.1, -0.05) is 32.3 Å². The molecule has 1 saturated carbocycles. The van der Waals surface area contributed by atoms with Gasteiger partial charge < -0.3 is 10.6 Å². The molecule has 0 radical (unpaired) electrons. The van der Waals surface area contributed by atoms with Gasteiger partial charge in [-0.2, -0.15) is 4.31 Å². The quantitative estimate of drug-likeness (QED) is 0.493. The normalized spacial score (nSPS) is 23.0. The number of hydrogen-bond acceptors (Lipinski definition) is 8. The van der Waals surface area contributed by atoms with Crippen LogP contribution in [0.15, 0.2) is 34.8 Å².